The number of fused-ring (bicyclic) bond motifs is 1. The molecule has 0 saturated carbocycles. The van der Waals surface area contributed by atoms with Crippen LogP contribution in [-0.2, 0) is 17.8 Å². The minimum absolute atomic E-state index is 0.00960. The van der Waals surface area contributed by atoms with E-state index in [0.717, 1.165) is 17.5 Å². The number of nitrogens with two attached hydrogens (primary N) is 1. The Labute approximate surface area is 130 Å². The van der Waals surface area contributed by atoms with Crippen LogP contribution in [0.15, 0.2) is 12.1 Å². The van der Waals surface area contributed by atoms with Crippen molar-refractivity contribution in [3.63, 3.8) is 0 Å². The van der Waals surface area contributed by atoms with Gasteiger partial charge in [0.2, 0.25) is 5.91 Å². The number of hydrogen-bond acceptors (Lipinski definition) is 2. The summed E-state index contributed by atoms with van der Waals surface area (Å²) in [6.45, 7) is 5.33. The van der Waals surface area contributed by atoms with Crippen molar-refractivity contribution in [2.75, 3.05) is 6.54 Å². The summed E-state index contributed by atoms with van der Waals surface area (Å²) in [6.07, 6.45) is 1.48. The van der Waals surface area contributed by atoms with E-state index < -0.39 is 6.04 Å². The molecule has 1 aliphatic heterocycles. The van der Waals surface area contributed by atoms with Gasteiger partial charge in [-0.2, -0.15) is 0 Å². The Kier molecular flexibility index (Phi) is 4.95. The zero-order chi connectivity index (χ0) is 14.9. The zero-order valence-electron chi connectivity index (χ0n) is 11.8. The second kappa shape index (κ2) is 6.33. The molecule has 2 N–H and O–H groups in total. The van der Waals surface area contributed by atoms with Gasteiger partial charge < -0.3 is 10.6 Å². The Morgan fingerprint density at radius 2 is 2.10 bits per heavy atom. The molecule has 2 rings (SSSR count). The van der Waals surface area contributed by atoms with E-state index in [4.69, 9.17) is 28.9 Å². The second-order valence-corrected chi connectivity index (χ2v) is 6.61. The van der Waals surface area contributed by atoms with Gasteiger partial charge in [-0.05, 0) is 42.0 Å². The van der Waals surface area contributed by atoms with Crippen LogP contribution in [0.25, 0.3) is 0 Å². The number of halogens is 2. The number of nitrogens with zero attached hydrogens (tertiary/aromatic N) is 1. The monoisotopic (exact) mass is 314 g/mol. The molecule has 0 fully saturated rings. The van der Waals surface area contributed by atoms with Gasteiger partial charge in [0.25, 0.3) is 0 Å². The number of benzene rings is 1. The minimum Gasteiger partial charge on any atom is -0.337 e. The van der Waals surface area contributed by atoms with Gasteiger partial charge in [-0.25, -0.2) is 0 Å². The highest BCUT2D eigenvalue weighted by Crippen LogP contribution is 2.30. The number of carbonyl (C=O) groups is 1. The van der Waals surface area contributed by atoms with E-state index in [2.05, 4.69) is 13.8 Å². The van der Waals surface area contributed by atoms with Crippen molar-refractivity contribution < 1.29 is 4.79 Å². The van der Waals surface area contributed by atoms with Gasteiger partial charge in [0.15, 0.2) is 0 Å². The van der Waals surface area contributed by atoms with E-state index >= 15 is 0 Å². The first-order valence-corrected chi connectivity index (χ1v) is 7.65. The summed E-state index contributed by atoms with van der Waals surface area (Å²) in [7, 11) is 0. The second-order valence-electron chi connectivity index (χ2n) is 5.77. The van der Waals surface area contributed by atoms with Crippen LogP contribution in [-0.4, -0.2) is 23.4 Å². The third-order valence-electron chi connectivity index (χ3n) is 3.61. The van der Waals surface area contributed by atoms with E-state index in [1.165, 1.54) is 0 Å². The maximum absolute atomic E-state index is 12.4. The Bertz CT molecular complexity index is 517. The molecule has 20 heavy (non-hydrogen) atoms. The van der Waals surface area contributed by atoms with Crippen molar-refractivity contribution in [3.8, 4) is 0 Å². The van der Waals surface area contributed by atoms with E-state index in [9.17, 15) is 4.79 Å². The maximum atomic E-state index is 12.4. The highest BCUT2D eigenvalue weighted by molar-refractivity contribution is 6.35. The summed E-state index contributed by atoms with van der Waals surface area (Å²) in [5, 5.41) is 1.27. The fourth-order valence-electron chi connectivity index (χ4n) is 2.61. The van der Waals surface area contributed by atoms with Gasteiger partial charge in [-0.1, -0.05) is 37.0 Å². The Balaban J connectivity index is 2.13. The van der Waals surface area contributed by atoms with Gasteiger partial charge in [0.05, 0.1) is 6.04 Å². The first kappa shape index (κ1) is 15.6. The first-order valence-electron chi connectivity index (χ1n) is 6.89. The van der Waals surface area contributed by atoms with Crippen LogP contribution >= 0.6 is 23.2 Å². The Morgan fingerprint density at radius 1 is 1.40 bits per heavy atom. The van der Waals surface area contributed by atoms with Gasteiger partial charge in [-0.15, -0.1) is 0 Å². The molecule has 0 radical (unpaired) electrons. The largest absolute Gasteiger partial charge is 0.337 e. The molecule has 1 aliphatic rings. The molecule has 0 aromatic heterocycles. The van der Waals surface area contributed by atoms with Gasteiger partial charge in [0.1, 0.15) is 0 Å². The minimum atomic E-state index is -0.428. The van der Waals surface area contributed by atoms with Crippen LogP contribution in [0.3, 0.4) is 0 Å². The zero-order valence-corrected chi connectivity index (χ0v) is 13.3. The summed E-state index contributed by atoms with van der Waals surface area (Å²) >= 11 is 12.2. The standard InChI is InChI=1S/C15H20Cl2N2O/c1-9(2)5-14(18)15(20)19-4-3-10-6-11(16)7-13(17)12(10)8-19/h6-7,9,14H,3-5,8,18H2,1-2H3/t14-/m0/s1. The predicted molar refractivity (Wildman–Crippen MR) is 83.0 cm³/mol. The molecular formula is C15H20Cl2N2O. The van der Waals surface area contributed by atoms with Gasteiger partial charge >= 0.3 is 0 Å². The lowest BCUT2D eigenvalue weighted by Crippen LogP contribution is -2.46. The molecular weight excluding hydrogens is 295 g/mol. The normalized spacial score (nSPS) is 16.2. The molecule has 0 spiro atoms. The number of rotatable bonds is 3. The highest BCUT2D eigenvalue weighted by Gasteiger charge is 2.26. The molecule has 5 heteroatoms. The topological polar surface area (TPSA) is 46.3 Å². The fraction of sp³-hybridized carbons (Fsp3) is 0.533. The van der Waals surface area contributed by atoms with Crippen molar-refractivity contribution in [1.82, 2.24) is 4.90 Å². The van der Waals surface area contributed by atoms with E-state index in [0.29, 0.717) is 35.5 Å². The maximum Gasteiger partial charge on any atom is 0.239 e. The van der Waals surface area contributed by atoms with Crippen molar-refractivity contribution in [2.24, 2.45) is 11.7 Å². The van der Waals surface area contributed by atoms with Crippen LogP contribution in [0.5, 0.6) is 0 Å². The molecule has 1 heterocycles. The molecule has 0 saturated heterocycles. The lowest BCUT2D eigenvalue weighted by atomic mass is 9.97. The average Bonchev–Trinajstić information content (AvgIpc) is 2.36. The van der Waals surface area contributed by atoms with E-state index in [-0.39, 0.29) is 5.91 Å². The van der Waals surface area contributed by atoms with Crippen molar-refractivity contribution in [3.05, 3.63) is 33.3 Å². The highest BCUT2D eigenvalue weighted by atomic mass is 35.5. The van der Waals surface area contributed by atoms with Crippen molar-refractivity contribution in [1.29, 1.82) is 0 Å². The third kappa shape index (κ3) is 3.46. The number of amides is 1. The van der Waals surface area contributed by atoms with Crippen LogP contribution < -0.4 is 5.73 Å². The quantitative estimate of drug-likeness (QED) is 0.930. The molecule has 1 amide bonds. The predicted octanol–water partition coefficient (Wildman–Crippen LogP) is 3.25. The van der Waals surface area contributed by atoms with Crippen LogP contribution in [0.1, 0.15) is 31.4 Å². The molecule has 110 valence electrons. The first-order chi connectivity index (χ1) is 9.38. The SMILES string of the molecule is CC(C)C[C@H](N)C(=O)N1CCc2cc(Cl)cc(Cl)c2C1. The molecule has 3 nitrogen and oxygen atoms in total. The average molecular weight is 315 g/mol. The molecule has 0 bridgehead atoms. The summed E-state index contributed by atoms with van der Waals surface area (Å²) in [5.74, 6) is 0.420. The number of hydrogen-bond donors (Lipinski definition) is 1. The van der Waals surface area contributed by atoms with Gasteiger partial charge in [0, 0.05) is 23.1 Å². The van der Waals surface area contributed by atoms with Crippen LogP contribution in [0.4, 0.5) is 0 Å². The molecule has 1 aromatic carbocycles. The molecule has 0 aliphatic carbocycles. The van der Waals surface area contributed by atoms with Crippen molar-refractivity contribution >= 4 is 29.1 Å². The molecule has 1 atom stereocenters. The number of carbonyl (C=O) groups excluding carboxylic acids is 1. The van der Waals surface area contributed by atoms with Crippen LogP contribution in [0, 0.1) is 5.92 Å². The molecule has 1 aromatic rings. The fourth-order valence-corrected chi connectivity index (χ4v) is 3.21. The van der Waals surface area contributed by atoms with Crippen LogP contribution in [0.2, 0.25) is 10.0 Å². The van der Waals surface area contributed by atoms with Crippen molar-refractivity contribution in [2.45, 2.75) is 39.3 Å². The summed E-state index contributed by atoms with van der Waals surface area (Å²) in [5.41, 5.74) is 8.11. The lowest BCUT2D eigenvalue weighted by Gasteiger charge is -2.32. The summed E-state index contributed by atoms with van der Waals surface area (Å²) in [4.78, 5) is 14.2. The Hall–Kier alpha value is -0.770. The van der Waals surface area contributed by atoms with E-state index in [1.807, 2.05) is 6.07 Å². The van der Waals surface area contributed by atoms with E-state index in [1.54, 1.807) is 11.0 Å². The summed E-state index contributed by atoms with van der Waals surface area (Å²) in [6, 6.07) is 3.23. The molecule has 0 unspecified atom stereocenters. The Morgan fingerprint density at radius 3 is 2.75 bits per heavy atom. The summed E-state index contributed by atoms with van der Waals surface area (Å²) < 4.78 is 0. The third-order valence-corrected chi connectivity index (χ3v) is 4.16. The smallest absolute Gasteiger partial charge is 0.239 e. The lowest BCUT2D eigenvalue weighted by molar-refractivity contribution is -0.133. The van der Waals surface area contributed by atoms with Gasteiger partial charge in [-0.3, -0.25) is 4.79 Å².